The summed E-state index contributed by atoms with van der Waals surface area (Å²) in [6, 6.07) is 5.29. The van der Waals surface area contributed by atoms with E-state index in [-0.39, 0.29) is 38.2 Å². The first-order chi connectivity index (χ1) is 15.5. The number of hydrogen-bond acceptors (Lipinski definition) is 3. The lowest BCUT2D eigenvalue weighted by Gasteiger charge is -2.41. The molecular weight excluding hydrogens is 449 g/mol. The van der Waals surface area contributed by atoms with Crippen LogP contribution in [0.1, 0.15) is 16.7 Å². The highest BCUT2D eigenvalue weighted by molar-refractivity contribution is 5.87. The quantitative estimate of drug-likeness (QED) is 0.651. The van der Waals surface area contributed by atoms with Crippen LogP contribution in [0.3, 0.4) is 0 Å². The summed E-state index contributed by atoms with van der Waals surface area (Å²) in [5.74, 6) is -2.03. The van der Waals surface area contributed by atoms with Gasteiger partial charge in [-0.2, -0.15) is 13.2 Å². The van der Waals surface area contributed by atoms with Gasteiger partial charge in [-0.05, 0) is 60.9 Å². The van der Waals surface area contributed by atoms with E-state index in [4.69, 9.17) is 0 Å². The summed E-state index contributed by atoms with van der Waals surface area (Å²) in [6.45, 7) is 1.77. The lowest BCUT2D eigenvalue weighted by Crippen LogP contribution is -2.60. The zero-order valence-electron chi connectivity index (χ0n) is 17.6. The number of nitrogens with zero attached hydrogens (tertiary/aromatic N) is 2. The maximum Gasteiger partial charge on any atom is 0.416 e. The number of halogens is 5. The highest BCUT2D eigenvalue weighted by Gasteiger charge is 2.35. The number of aryl methyl sites for hydroxylation is 1. The number of anilines is 1. The Kier molecular flexibility index (Phi) is 7.09. The Morgan fingerprint density at radius 2 is 1.82 bits per heavy atom. The van der Waals surface area contributed by atoms with Crippen molar-refractivity contribution in [1.29, 1.82) is 0 Å². The van der Waals surface area contributed by atoms with Crippen molar-refractivity contribution in [2.24, 2.45) is 0 Å². The van der Waals surface area contributed by atoms with Crippen molar-refractivity contribution in [3.8, 4) is 0 Å². The molecule has 1 heterocycles. The van der Waals surface area contributed by atoms with Gasteiger partial charge in [-0.1, -0.05) is 0 Å². The summed E-state index contributed by atoms with van der Waals surface area (Å²) in [5.41, 5.74) is 0.0772. The molecule has 1 atom stereocenters. The number of hydrogen-bond donors (Lipinski definition) is 2. The lowest BCUT2D eigenvalue weighted by atomic mass is 10.1. The largest absolute Gasteiger partial charge is 0.465 e. The SMILES string of the molecule is Cc1cc(F)ccc1N1CCN(C(=O)O)CC1C(=O)NCCc1cc(F)cc(C(F)(F)F)c1. The molecule has 178 valence electrons. The number of benzene rings is 2. The normalized spacial score (nSPS) is 16.6. The molecule has 1 aliphatic heterocycles. The molecule has 0 aliphatic carbocycles. The number of alkyl halides is 3. The van der Waals surface area contributed by atoms with Crippen LogP contribution in [0.5, 0.6) is 0 Å². The first-order valence-corrected chi connectivity index (χ1v) is 10.1. The van der Waals surface area contributed by atoms with Crippen LogP contribution in [-0.4, -0.2) is 54.2 Å². The summed E-state index contributed by atoms with van der Waals surface area (Å²) in [5, 5.41) is 11.9. The van der Waals surface area contributed by atoms with E-state index < -0.39 is 41.4 Å². The molecule has 1 saturated heterocycles. The second-order valence-electron chi connectivity index (χ2n) is 7.76. The standard InChI is InChI=1S/C22H22F5N3O3/c1-13-8-16(23)2-3-18(13)30-7-6-29(21(32)33)12-19(30)20(31)28-5-4-14-9-15(22(25,26)27)11-17(24)10-14/h2-3,8-11,19H,4-7,12H2,1H3,(H,28,31)(H,32,33). The minimum absolute atomic E-state index is 0.0580. The Hall–Kier alpha value is -3.37. The number of carbonyl (C=O) groups excluding carboxylic acids is 1. The molecule has 2 N–H and O–H groups in total. The Morgan fingerprint density at radius 1 is 1.09 bits per heavy atom. The molecular formula is C22H22F5N3O3. The van der Waals surface area contributed by atoms with Crippen molar-refractivity contribution in [2.45, 2.75) is 25.6 Å². The summed E-state index contributed by atoms with van der Waals surface area (Å²) in [6.07, 6.45) is -5.95. The summed E-state index contributed by atoms with van der Waals surface area (Å²) in [7, 11) is 0. The van der Waals surface area contributed by atoms with Crippen LogP contribution in [0, 0.1) is 18.6 Å². The van der Waals surface area contributed by atoms with Gasteiger partial charge in [0.15, 0.2) is 0 Å². The van der Waals surface area contributed by atoms with Crippen molar-refractivity contribution in [1.82, 2.24) is 10.2 Å². The van der Waals surface area contributed by atoms with Crippen molar-refractivity contribution in [3.63, 3.8) is 0 Å². The monoisotopic (exact) mass is 471 g/mol. The van der Waals surface area contributed by atoms with Crippen LogP contribution >= 0.6 is 0 Å². The molecule has 6 nitrogen and oxygen atoms in total. The molecule has 0 spiro atoms. The van der Waals surface area contributed by atoms with Crippen molar-refractivity contribution < 1.29 is 36.6 Å². The van der Waals surface area contributed by atoms with Crippen molar-refractivity contribution >= 4 is 17.7 Å². The molecule has 11 heteroatoms. The van der Waals surface area contributed by atoms with Gasteiger partial charge in [0, 0.05) is 25.3 Å². The van der Waals surface area contributed by atoms with E-state index in [0.29, 0.717) is 17.3 Å². The van der Waals surface area contributed by atoms with E-state index in [1.165, 1.54) is 18.2 Å². The molecule has 33 heavy (non-hydrogen) atoms. The molecule has 1 aliphatic rings. The van der Waals surface area contributed by atoms with E-state index in [1.807, 2.05) is 0 Å². The van der Waals surface area contributed by atoms with Gasteiger partial charge in [0.2, 0.25) is 5.91 Å². The summed E-state index contributed by atoms with van der Waals surface area (Å²) < 4.78 is 65.8. The predicted molar refractivity (Wildman–Crippen MR) is 110 cm³/mol. The van der Waals surface area contributed by atoms with E-state index in [0.717, 1.165) is 17.0 Å². The minimum Gasteiger partial charge on any atom is -0.465 e. The second kappa shape index (κ2) is 9.63. The van der Waals surface area contributed by atoms with Crippen LogP contribution in [0.25, 0.3) is 0 Å². The molecule has 1 unspecified atom stereocenters. The van der Waals surface area contributed by atoms with Crippen LogP contribution in [0.2, 0.25) is 0 Å². The average molecular weight is 471 g/mol. The second-order valence-corrected chi connectivity index (χ2v) is 7.76. The van der Waals surface area contributed by atoms with E-state index in [1.54, 1.807) is 11.8 Å². The zero-order valence-corrected chi connectivity index (χ0v) is 17.6. The topological polar surface area (TPSA) is 72.9 Å². The Morgan fingerprint density at radius 3 is 2.45 bits per heavy atom. The highest BCUT2D eigenvalue weighted by atomic mass is 19.4. The Balaban J connectivity index is 1.73. The molecule has 2 aromatic rings. The van der Waals surface area contributed by atoms with Gasteiger partial charge in [0.05, 0.1) is 12.1 Å². The average Bonchev–Trinajstić information content (AvgIpc) is 2.72. The number of piperazine rings is 1. The summed E-state index contributed by atoms with van der Waals surface area (Å²) in [4.78, 5) is 27.1. The van der Waals surface area contributed by atoms with Crippen LogP contribution in [0.4, 0.5) is 32.4 Å². The maximum atomic E-state index is 13.6. The molecule has 2 amide bonds. The molecule has 2 aromatic carbocycles. The van der Waals surface area contributed by atoms with Crippen molar-refractivity contribution in [3.05, 3.63) is 64.7 Å². The maximum absolute atomic E-state index is 13.6. The zero-order chi connectivity index (χ0) is 24.3. The number of rotatable bonds is 5. The van der Waals surface area contributed by atoms with Gasteiger partial charge in [-0.15, -0.1) is 0 Å². The van der Waals surface area contributed by atoms with Gasteiger partial charge in [0.1, 0.15) is 17.7 Å². The van der Waals surface area contributed by atoms with E-state index >= 15 is 0 Å². The Bertz CT molecular complexity index is 1040. The third-order valence-corrected chi connectivity index (χ3v) is 5.42. The molecule has 0 bridgehead atoms. The third-order valence-electron chi connectivity index (χ3n) is 5.42. The van der Waals surface area contributed by atoms with Gasteiger partial charge in [-0.25, -0.2) is 13.6 Å². The first-order valence-electron chi connectivity index (χ1n) is 10.1. The number of carbonyl (C=O) groups is 2. The number of amides is 2. The fourth-order valence-electron chi connectivity index (χ4n) is 3.82. The van der Waals surface area contributed by atoms with E-state index in [9.17, 15) is 36.6 Å². The molecule has 0 saturated carbocycles. The number of nitrogens with one attached hydrogen (secondary N) is 1. The fourth-order valence-corrected chi connectivity index (χ4v) is 3.82. The van der Waals surface area contributed by atoms with Crippen LogP contribution in [0.15, 0.2) is 36.4 Å². The van der Waals surface area contributed by atoms with Crippen molar-refractivity contribution in [2.75, 3.05) is 31.1 Å². The predicted octanol–water partition coefficient (Wildman–Crippen LogP) is 3.82. The summed E-state index contributed by atoms with van der Waals surface area (Å²) >= 11 is 0. The van der Waals surface area contributed by atoms with Crippen LogP contribution in [-0.2, 0) is 17.4 Å². The van der Waals surface area contributed by atoms with Gasteiger partial charge < -0.3 is 20.2 Å². The first kappa shape index (κ1) is 24.3. The van der Waals surface area contributed by atoms with E-state index in [2.05, 4.69) is 5.32 Å². The Labute approximate surface area is 186 Å². The molecule has 0 radical (unpaired) electrons. The number of carboxylic acid groups (broad SMARTS) is 1. The van der Waals surface area contributed by atoms with Gasteiger partial charge in [0.25, 0.3) is 0 Å². The highest BCUT2D eigenvalue weighted by Crippen LogP contribution is 2.30. The molecule has 1 fully saturated rings. The minimum atomic E-state index is -4.70. The lowest BCUT2D eigenvalue weighted by molar-refractivity contribution is -0.137. The third kappa shape index (κ3) is 5.91. The van der Waals surface area contributed by atoms with Gasteiger partial charge >= 0.3 is 12.3 Å². The molecule has 0 aromatic heterocycles. The van der Waals surface area contributed by atoms with Crippen LogP contribution < -0.4 is 10.2 Å². The molecule has 3 rings (SSSR count). The smallest absolute Gasteiger partial charge is 0.416 e. The van der Waals surface area contributed by atoms with Gasteiger partial charge in [-0.3, -0.25) is 4.79 Å². The fraction of sp³-hybridized carbons (Fsp3) is 0.364.